The second-order valence-electron chi connectivity index (χ2n) is 5.32. The first-order valence-electron chi connectivity index (χ1n) is 8.21. The highest BCUT2D eigenvalue weighted by Crippen LogP contribution is 2.16. The third kappa shape index (κ3) is 6.55. The quantitative estimate of drug-likeness (QED) is 0.417. The largest absolute Gasteiger partial charge is 0.493 e. The van der Waals surface area contributed by atoms with Crippen molar-refractivity contribution in [2.75, 3.05) is 13.2 Å². The number of primary amides is 1. The monoisotopic (exact) mass is 341 g/mol. The predicted octanol–water partition coefficient (Wildman–Crippen LogP) is 3.10. The first-order valence-corrected chi connectivity index (χ1v) is 8.21. The molecule has 0 bridgehead atoms. The molecule has 0 aromatic heterocycles. The van der Waals surface area contributed by atoms with Gasteiger partial charge in [0.2, 0.25) is 0 Å². The summed E-state index contributed by atoms with van der Waals surface area (Å²) in [4.78, 5) is 10.6. The zero-order valence-electron chi connectivity index (χ0n) is 14.3. The maximum Gasteiger partial charge on any atom is 0.332 e. The Bertz CT molecular complexity index is 699. The van der Waals surface area contributed by atoms with Crippen LogP contribution >= 0.6 is 0 Å². The average Bonchev–Trinajstić information content (AvgIpc) is 2.63. The normalized spacial score (nSPS) is 10.6. The lowest BCUT2D eigenvalue weighted by molar-refractivity contribution is 0.247. The topological polar surface area (TPSA) is 85.9 Å². The van der Waals surface area contributed by atoms with E-state index in [9.17, 15) is 4.79 Å². The van der Waals surface area contributed by atoms with Gasteiger partial charge in [0.1, 0.15) is 11.5 Å². The Balaban J connectivity index is 1.75. The van der Waals surface area contributed by atoms with Crippen LogP contribution in [0.2, 0.25) is 0 Å². The van der Waals surface area contributed by atoms with Crippen molar-refractivity contribution in [2.45, 2.75) is 19.8 Å². The van der Waals surface area contributed by atoms with Crippen molar-refractivity contribution in [1.82, 2.24) is 5.43 Å². The highest BCUT2D eigenvalue weighted by Gasteiger charge is 2.01. The molecule has 3 N–H and O–H groups in total. The minimum Gasteiger partial charge on any atom is -0.493 e. The summed E-state index contributed by atoms with van der Waals surface area (Å²) in [6.45, 7) is 3.21. The van der Waals surface area contributed by atoms with E-state index in [4.69, 9.17) is 15.2 Å². The van der Waals surface area contributed by atoms with Crippen LogP contribution in [-0.4, -0.2) is 25.5 Å². The van der Waals surface area contributed by atoms with Crippen LogP contribution in [0.4, 0.5) is 4.79 Å². The molecule has 6 heteroatoms. The van der Waals surface area contributed by atoms with E-state index in [1.54, 1.807) is 0 Å². The molecule has 0 aliphatic heterocycles. The summed E-state index contributed by atoms with van der Waals surface area (Å²) in [5, 5.41) is 3.75. The number of rotatable bonds is 9. The fourth-order valence-electron chi connectivity index (χ4n) is 2.14. The lowest BCUT2D eigenvalue weighted by Gasteiger charge is -2.10. The summed E-state index contributed by atoms with van der Waals surface area (Å²) in [7, 11) is 0. The fraction of sp³-hybridized carbons (Fsp3) is 0.263. The van der Waals surface area contributed by atoms with Crippen LogP contribution in [-0.2, 0) is 6.42 Å². The van der Waals surface area contributed by atoms with E-state index in [2.05, 4.69) is 29.6 Å². The molecule has 6 nitrogen and oxygen atoms in total. The van der Waals surface area contributed by atoms with Crippen LogP contribution < -0.4 is 20.6 Å². The predicted molar refractivity (Wildman–Crippen MR) is 98.2 cm³/mol. The average molecular weight is 341 g/mol. The second-order valence-corrected chi connectivity index (χ2v) is 5.32. The highest BCUT2D eigenvalue weighted by atomic mass is 16.5. The van der Waals surface area contributed by atoms with Gasteiger partial charge in [0, 0.05) is 12.0 Å². The number of para-hydroxylation sites is 1. The van der Waals surface area contributed by atoms with Crippen molar-refractivity contribution in [3.63, 3.8) is 0 Å². The SMILES string of the molecule is CCc1ccc(OCCCOc2ccccc2C=NNC(N)=O)cc1. The lowest BCUT2D eigenvalue weighted by atomic mass is 10.2. The number of urea groups is 1. The number of hydrogen-bond donors (Lipinski definition) is 2. The van der Waals surface area contributed by atoms with Crippen molar-refractivity contribution < 1.29 is 14.3 Å². The van der Waals surface area contributed by atoms with Gasteiger partial charge in [-0.25, -0.2) is 10.2 Å². The maximum absolute atomic E-state index is 10.6. The molecular formula is C19H23N3O3. The van der Waals surface area contributed by atoms with Crippen molar-refractivity contribution in [3.05, 3.63) is 59.7 Å². The molecule has 0 heterocycles. The molecule has 0 saturated carbocycles. The highest BCUT2D eigenvalue weighted by molar-refractivity contribution is 5.84. The van der Waals surface area contributed by atoms with Gasteiger partial charge in [0.05, 0.1) is 19.4 Å². The van der Waals surface area contributed by atoms with Crippen LogP contribution in [0.1, 0.15) is 24.5 Å². The van der Waals surface area contributed by atoms with Crippen molar-refractivity contribution in [3.8, 4) is 11.5 Å². The molecule has 2 amide bonds. The van der Waals surface area contributed by atoms with E-state index in [0.717, 1.165) is 24.2 Å². The fourth-order valence-corrected chi connectivity index (χ4v) is 2.14. The number of carbonyl (C=O) groups excluding carboxylic acids is 1. The smallest absolute Gasteiger partial charge is 0.332 e. The number of hydrazone groups is 1. The molecule has 0 radical (unpaired) electrons. The van der Waals surface area contributed by atoms with Gasteiger partial charge in [-0.3, -0.25) is 0 Å². The Hall–Kier alpha value is -3.02. The van der Waals surface area contributed by atoms with Gasteiger partial charge >= 0.3 is 6.03 Å². The molecule has 2 rings (SSSR count). The lowest BCUT2D eigenvalue weighted by Crippen LogP contribution is -2.24. The van der Waals surface area contributed by atoms with Gasteiger partial charge < -0.3 is 15.2 Å². The number of ether oxygens (including phenoxy) is 2. The number of carbonyl (C=O) groups is 1. The van der Waals surface area contributed by atoms with Gasteiger partial charge in [-0.05, 0) is 36.2 Å². The minimum atomic E-state index is -0.709. The first kappa shape index (κ1) is 18.3. The summed E-state index contributed by atoms with van der Waals surface area (Å²) in [5.74, 6) is 1.55. The van der Waals surface area contributed by atoms with Crippen molar-refractivity contribution >= 4 is 12.2 Å². The maximum atomic E-state index is 10.6. The summed E-state index contributed by atoms with van der Waals surface area (Å²) in [6.07, 6.45) is 3.26. The van der Waals surface area contributed by atoms with Gasteiger partial charge in [-0.2, -0.15) is 5.10 Å². The molecule has 0 unspecified atom stereocenters. The number of nitrogens with zero attached hydrogens (tertiary/aromatic N) is 1. The summed E-state index contributed by atoms with van der Waals surface area (Å²) in [5.41, 5.74) is 9.17. The summed E-state index contributed by atoms with van der Waals surface area (Å²) >= 11 is 0. The number of nitrogens with one attached hydrogen (secondary N) is 1. The van der Waals surface area contributed by atoms with Gasteiger partial charge in [-0.15, -0.1) is 0 Å². The first-order chi connectivity index (χ1) is 12.2. The van der Waals surface area contributed by atoms with Gasteiger partial charge in [0.25, 0.3) is 0 Å². The Labute approximate surface area is 147 Å². The number of amides is 2. The summed E-state index contributed by atoms with van der Waals surface area (Å²) < 4.78 is 11.5. The molecule has 2 aromatic carbocycles. The third-order valence-corrected chi connectivity index (χ3v) is 3.44. The Kier molecular flexibility index (Phi) is 7.31. The van der Waals surface area contributed by atoms with Gasteiger partial charge in [-0.1, -0.05) is 31.2 Å². The zero-order valence-corrected chi connectivity index (χ0v) is 14.3. The van der Waals surface area contributed by atoms with Crippen LogP contribution in [0.5, 0.6) is 11.5 Å². The summed E-state index contributed by atoms with van der Waals surface area (Å²) in [6, 6.07) is 14.8. The number of hydrogen-bond acceptors (Lipinski definition) is 4. The molecule has 0 aliphatic rings. The van der Waals surface area contributed by atoms with Gasteiger partial charge in [0.15, 0.2) is 0 Å². The Morgan fingerprint density at radius 1 is 1.12 bits per heavy atom. The molecule has 0 fully saturated rings. The van der Waals surface area contributed by atoms with E-state index in [1.807, 2.05) is 36.4 Å². The van der Waals surface area contributed by atoms with Crippen LogP contribution in [0, 0.1) is 0 Å². The standard InChI is InChI=1S/C19H23N3O3/c1-2-15-8-10-17(11-9-15)24-12-5-13-25-18-7-4-3-6-16(18)14-21-22-19(20)23/h3-4,6-11,14H,2,5,12-13H2,1H3,(H3,20,22,23). The van der Waals surface area contributed by atoms with E-state index in [1.165, 1.54) is 11.8 Å². The number of aryl methyl sites for hydroxylation is 1. The molecule has 0 aliphatic carbocycles. The number of benzene rings is 2. The van der Waals surface area contributed by atoms with Crippen LogP contribution in [0.15, 0.2) is 53.6 Å². The zero-order chi connectivity index (χ0) is 17.9. The molecule has 2 aromatic rings. The number of nitrogens with two attached hydrogens (primary N) is 1. The van der Waals surface area contributed by atoms with E-state index < -0.39 is 6.03 Å². The molecule has 0 spiro atoms. The van der Waals surface area contributed by atoms with Crippen molar-refractivity contribution in [1.29, 1.82) is 0 Å². The van der Waals surface area contributed by atoms with Crippen molar-refractivity contribution in [2.24, 2.45) is 10.8 Å². The molecule has 0 atom stereocenters. The van der Waals surface area contributed by atoms with Crippen LogP contribution in [0.3, 0.4) is 0 Å². The Morgan fingerprint density at radius 3 is 2.56 bits per heavy atom. The van der Waals surface area contributed by atoms with E-state index in [0.29, 0.717) is 19.0 Å². The third-order valence-electron chi connectivity index (χ3n) is 3.44. The molecule has 0 saturated heterocycles. The Morgan fingerprint density at radius 2 is 1.84 bits per heavy atom. The van der Waals surface area contributed by atoms with E-state index >= 15 is 0 Å². The molecule has 132 valence electrons. The second kappa shape index (κ2) is 9.97. The minimum absolute atomic E-state index is 0.515. The van der Waals surface area contributed by atoms with Crippen LogP contribution in [0.25, 0.3) is 0 Å². The molecule has 25 heavy (non-hydrogen) atoms. The molecular weight excluding hydrogens is 318 g/mol. The van der Waals surface area contributed by atoms with E-state index in [-0.39, 0.29) is 0 Å².